The fourth-order valence-corrected chi connectivity index (χ4v) is 11.0. The second-order valence-electron chi connectivity index (χ2n) is 15.3. The Balaban J connectivity index is 1.59. The Morgan fingerprint density at radius 3 is 2.26 bits per heavy atom. The molecule has 0 saturated heterocycles. The summed E-state index contributed by atoms with van der Waals surface area (Å²) < 4.78 is 5.85. The Bertz CT molecular complexity index is 788. The van der Waals surface area contributed by atoms with Gasteiger partial charge in [-0.2, -0.15) is 0 Å². The standard InChI is InChI=1S/C32H56O3/c1-20(2)11-10-12-21(3)23-15-18-31(8)24-13-14-26-29(5,6)27(35-22(4)33)16-17-30(26,7)28(24)25(34)19-32(23,31)9/h20-21,23-28,34H,10-19H2,1-9H3/t21-,23-,24-,25+,26+,27+,28-,30+,31+,32-/m1/s1. The third-order valence-corrected chi connectivity index (χ3v) is 12.8. The topological polar surface area (TPSA) is 46.5 Å². The molecule has 3 heteroatoms. The molecule has 10 atom stereocenters. The predicted molar refractivity (Wildman–Crippen MR) is 144 cm³/mol. The normalized spacial score (nSPS) is 47.5. The van der Waals surface area contributed by atoms with Crippen LogP contribution in [0, 0.1) is 57.2 Å². The maximum atomic E-state index is 12.0. The molecule has 4 aliphatic carbocycles. The zero-order chi connectivity index (χ0) is 26.0. The molecule has 0 spiro atoms. The molecule has 4 fully saturated rings. The number of esters is 1. The minimum Gasteiger partial charge on any atom is -0.462 e. The van der Waals surface area contributed by atoms with Crippen molar-refractivity contribution in [3.63, 3.8) is 0 Å². The van der Waals surface area contributed by atoms with E-state index in [-0.39, 0.29) is 34.4 Å². The van der Waals surface area contributed by atoms with E-state index in [2.05, 4.69) is 55.4 Å². The molecule has 4 rings (SSSR count). The van der Waals surface area contributed by atoms with Crippen molar-refractivity contribution in [3.05, 3.63) is 0 Å². The maximum Gasteiger partial charge on any atom is 0.302 e. The van der Waals surface area contributed by atoms with Crippen molar-refractivity contribution in [2.45, 2.75) is 139 Å². The number of carbonyl (C=O) groups excluding carboxylic acids is 1. The van der Waals surface area contributed by atoms with Crippen LogP contribution in [-0.2, 0) is 9.53 Å². The van der Waals surface area contributed by atoms with E-state index in [0.29, 0.717) is 23.2 Å². The molecule has 4 aliphatic rings. The predicted octanol–water partition coefficient (Wildman–Crippen LogP) is 8.04. The molecule has 0 aliphatic heterocycles. The number of aliphatic hydroxyl groups is 1. The van der Waals surface area contributed by atoms with Gasteiger partial charge in [0.05, 0.1) is 6.10 Å². The van der Waals surface area contributed by atoms with Crippen molar-refractivity contribution in [2.75, 3.05) is 0 Å². The summed E-state index contributed by atoms with van der Waals surface area (Å²) in [5, 5.41) is 12.0. The van der Waals surface area contributed by atoms with Crippen LogP contribution < -0.4 is 0 Å². The van der Waals surface area contributed by atoms with Gasteiger partial charge >= 0.3 is 5.97 Å². The van der Waals surface area contributed by atoms with E-state index in [4.69, 9.17) is 4.74 Å². The van der Waals surface area contributed by atoms with Gasteiger partial charge in [-0.15, -0.1) is 0 Å². The molecule has 0 aromatic carbocycles. The molecule has 0 amide bonds. The lowest BCUT2D eigenvalue weighted by atomic mass is 9.37. The second-order valence-corrected chi connectivity index (χ2v) is 15.3. The summed E-state index contributed by atoms with van der Waals surface area (Å²) in [6.07, 6.45) is 11.9. The molecular weight excluding hydrogens is 432 g/mol. The van der Waals surface area contributed by atoms with Gasteiger partial charge in [0.25, 0.3) is 0 Å². The van der Waals surface area contributed by atoms with Crippen molar-refractivity contribution in [1.82, 2.24) is 0 Å². The van der Waals surface area contributed by atoms with Gasteiger partial charge in [0.15, 0.2) is 0 Å². The highest BCUT2D eigenvalue weighted by Gasteiger charge is 2.70. The summed E-state index contributed by atoms with van der Waals surface area (Å²) >= 11 is 0. The number of hydrogen-bond acceptors (Lipinski definition) is 3. The van der Waals surface area contributed by atoms with Gasteiger partial charge in [0.2, 0.25) is 0 Å². The number of ether oxygens (including phenoxy) is 1. The van der Waals surface area contributed by atoms with Crippen LogP contribution in [0.4, 0.5) is 0 Å². The van der Waals surface area contributed by atoms with Crippen molar-refractivity contribution < 1.29 is 14.6 Å². The van der Waals surface area contributed by atoms with E-state index in [1.54, 1.807) is 6.92 Å². The lowest BCUT2D eigenvalue weighted by Gasteiger charge is -2.68. The van der Waals surface area contributed by atoms with Crippen LogP contribution in [0.2, 0.25) is 0 Å². The van der Waals surface area contributed by atoms with Crippen molar-refractivity contribution in [3.8, 4) is 0 Å². The third kappa shape index (κ3) is 4.22. The van der Waals surface area contributed by atoms with Gasteiger partial charge in [-0.1, -0.05) is 74.7 Å². The second kappa shape index (κ2) is 9.32. The van der Waals surface area contributed by atoms with Crippen molar-refractivity contribution in [1.29, 1.82) is 0 Å². The SMILES string of the molecule is CC(=O)O[C@H]1CC[C@]2(C)[C@@H]3[C@@H](CC[C@H]2C1(C)C)[C@]1(C)CC[C@H]([C@H](C)CCCC(C)C)[C@@]1(C)C[C@@H]3O. The number of rotatable bonds is 6. The van der Waals surface area contributed by atoms with E-state index in [1.807, 2.05) is 0 Å². The van der Waals surface area contributed by atoms with Gasteiger partial charge in [-0.3, -0.25) is 4.79 Å². The minimum absolute atomic E-state index is 0.00115. The van der Waals surface area contributed by atoms with Gasteiger partial charge in [-0.05, 0) is 96.7 Å². The van der Waals surface area contributed by atoms with Gasteiger partial charge in [0, 0.05) is 12.3 Å². The van der Waals surface area contributed by atoms with Crippen LogP contribution in [0.1, 0.15) is 127 Å². The largest absolute Gasteiger partial charge is 0.462 e. The van der Waals surface area contributed by atoms with E-state index >= 15 is 0 Å². The highest BCUT2D eigenvalue weighted by atomic mass is 16.5. The summed E-state index contributed by atoms with van der Waals surface area (Å²) in [6.45, 7) is 21.1. The molecule has 0 unspecified atom stereocenters. The van der Waals surface area contributed by atoms with Gasteiger partial charge in [0.1, 0.15) is 6.10 Å². The molecule has 0 aromatic rings. The van der Waals surface area contributed by atoms with E-state index in [9.17, 15) is 9.90 Å². The quantitative estimate of drug-likeness (QED) is 0.385. The Kier molecular flexibility index (Phi) is 7.31. The zero-order valence-corrected chi connectivity index (χ0v) is 24.5. The van der Waals surface area contributed by atoms with Crippen LogP contribution in [0.5, 0.6) is 0 Å². The number of aliphatic hydroxyl groups excluding tert-OH is 1. The Morgan fingerprint density at radius 1 is 0.943 bits per heavy atom. The van der Waals surface area contributed by atoms with Gasteiger partial charge in [-0.25, -0.2) is 0 Å². The van der Waals surface area contributed by atoms with Crippen LogP contribution in [0.3, 0.4) is 0 Å². The molecule has 0 heterocycles. The molecule has 3 nitrogen and oxygen atoms in total. The number of hydrogen-bond donors (Lipinski definition) is 1. The highest BCUT2D eigenvalue weighted by molar-refractivity contribution is 5.66. The lowest BCUT2D eigenvalue weighted by Crippen LogP contribution is -2.65. The first-order chi connectivity index (χ1) is 16.2. The van der Waals surface area contributed by atoms with Crippen molar-refractivity contribution in [2.24, 2.45) is 57.2 Å². The summed E-state index contributed by atoms with van der Waals surface area (Å²) in [7, 11) is 0. The van der Waals surface area contributed by atoms with E-state index in [1.165, 1.54) is 44.9 Å². The first-order valence-corrected chi connectivity index (χ1v) is 15.0. The maximum absolute atomic E-state index is 12.0. The smallest absolute Gasteiger partial charge is 0.302 e. The molecule has 202 valence electrons. The van der Waals surface area contributed by atoms with E-state index in [0.717, 1.165) is 37.0 Å². The molecule has 4 saturated carbocycles. The van der Waals surface area contributed by atoms with Gasteiger partial charge < -0.3 is 9.84 Å². The van der Waals surface area contributed by atoms with Crippen LogP contribution >= 0.6 is 0 Å². The average Bonchev–Trinajstić information content (AvgIpc) is 3.00. The Morgan fingerprint density at radius 2 is 1.63 bits per heavy atom. The Hall–Kier alpha value is -0.570. The molecule has 35 heavy (non-hydrogen) atoms. The number of carbonyl (C=O) groups is 1. The Labute approximate surface area is 216 Å². The summed E-state index contributed by atoms with van der Waals surface area (Å²) in [5.41, 5.74) is 0.624. The number of fused-ring (bicyclic) bond motifs is 5. The molecule has 0 bridgehead atoms. The summed E-state index contributed by atoms with van der Waals surface area (Å²) in [5.74, 6) is 3.58. The lowest BCUT2D eigenvalue weighted by molar-refractivity contribution is -0.237. The first-order valence-electron chi connectivity index (χ1n) is 15.0. The average molecular weight is 489 g/mol. The molecule has 1 N–H and O–H groups in total. The van der Waals surface area contributed by atoms with Crippen LogP contribution in [-0.4, -0.2) is 23.3 Å². The molecule has 0 radical (unpaired) electrons. The monoisotopic (exact) mass is 488 g/mol. The van der Waals surface area contributed by atoms with Crippen LogP contribution in [0.15, 0.2) is 0 Å². The van der Waals surface area contributed by atoms with E-state index < -0.39 is 0 Å². The van der Waals surface area contributed by atoms with Crippen molar-refractivity contribution >= 4 is 5.97 Å². The third-order valence-electron chi connectivity index (χ3n) is 12.8. The fourth-order valence-electron chi connectivity index (χ4n) is 11.0. The molecular formula is C32H56O3. The summed E-state index contributed by atoms with van der Waals surface area (Å²) in [6, 6.07) is 0. The first kappa shape index (κ1) is 27.5. The highest BCUT2D eigenvalue weighted by Crippen LogP contribution is 2.74. The minimum atomic E-state index is -0.213. The van der Waals surface area contributed by atoms with Crippen LogP contribution in [0.25, 0.3) is 0 Å². The molecule has 0 aromatic heterocycles. The zero-order valence-electron chi connectivity index (χ0n) is 24.5. The fraction of sp³-hybridized carbons (Fsp3) is 0.969. The summed E-state index contributed by atoms with van der Waals surface area (Å²) in [4.78, 5) is 11.8.